The van der Waals surface area contributed by atoms with Crippen molar-refractivity contribution in [3.63, 3.8) is 0 Å². The lowest BCUT2D eigenvalue weighted by atomic mass is 10.0. The molecule has 0 aromatic rings. The smallest absolute Gasteiger partial charge is 0.246 e. The number of carbonyl (C=O) groups is 2. The van der Waals surface area contributed by atoms with Gasteiger partial charge in [-0.1, -0.05) is 0 Å². The summed E-state index contributed by atoms with van der Waals surface area (Å²) in [6.07, 6.45) is 0. The lowest BCUT2D eigenvalue weighted by molar-refractivity contribution is -0.137. The number of carbonyl (C=O) groups excluding carboxylic acids is 2. The molecule has 0 saturated carbocycles. The highest BCUT2D eigenvalue weighted by molar-refractivity contribution is 6.02. The van der Waals surface area contributed by atoms with Gasteiger partial charge in [-0.05, 0) is 13.8 Å². The first-order chi connectivity index (χ1) is 4.52. The lowest BCUT2D eigenvalue weighted by Crippen LogP contribution is -2.62. The van der Waals surface area contributed by atoms with Crippen molar-refractivity contribution in [2.75, 3.05) is 6.54 Å². The predicted octanol–water partition coefficient (Wildman–Crippen LogP) is -0.989. The predicted molar refractivity (Wildman–Crippen MR) is 35.2 cm³/mol. The van der Waals surface area contributed by atoms with Gasteiger partial charge >= 0.3 is 0 Å². The summed E-state index contributed by atoms with van der Waals surface area (Å²) in [5.74, 6) is -0.520. The van der Waals surface area contributed by atoms with Crippen molar-refractivity contribution in [2.24, 2.45) is 0 Å². The van der Waals surface area contributed by atoms with E-state index < -0.39 is 5.54 Å². The fraction of sp³-hybridized carbons (Fsp3) is 0.667. The van der Waals surface area contributed by atoms with E-state index in [1.807, 2.05) is 0 Å². The Morgan fingerprint density at radius 3 is 2.40 bits per heavy atom. The van der Waals surface area contributed by atoms with Crippen molar-refractivity contribution in [3.05, 3.63) is 0 Å². The quantitative estimate of drug-likeness (QED) is 0.427. The standard InChI is InChI=1S/C6H10N2O2/c1-6(2)5(10)8-4(9)3-7-6/h7H,3H2,1-2H3,(H,8,9,10). The summed E-state index contributed by atoms with van der Waals surface area (Å²) in [5, 5.41) is 5.03. The molecule has 4 heteroatoms. The maximum Gasteiger partial charge on any atom is 0.246 e. The van der Waals surface area contributed by atoms with E-state index in [0.29, 0.717) is 0 Å². The number of rotatable bonds is 0. The second kappa shape index (κ2) is 2.05. The van der Waals surface area contributed by atoms with Gasteiger partial charge in [-0.15, -0.1) is 0 Å². The van der Waals surface area contributed by atoms with E-state index in [1.165, 1.54) is 0 Å². The molecule has 0 unspecified atom stereocenters. The Bertz CT molecular complexity index is 186. The van der Waals surface area contributed by atoms with Gasteiger partial charge in [-0.25, -0.2) is 0 Å². The van der Waals surface area contributed by atoms with Gasteiger partial charge in [-0.3, -0.25) is 20.2 Å². The minimum atomic E-state index is -0.603. The number of hydrogen-bond acceptors (Lipinski definition) is 3. The molecule has 1 aliphatic heterocycles. The first-order valence-electron chi connectivity index (χ1n) is 3.12. The van der Waals surface area contributed by atoms with Gasteiger partial charge < -0.3 is 0 Å². The van der Waals surface area contributed by atoms with Crippen LogP contribution in [0.5, 0.6) is 0 Å². The second-order valence-electron chi connectivity index (χ2n) is 2.86. The summed E-state index contributed by atoms with van der Waals surface area (Å²) in [6.45, 7) is 3.68. The highest BCUT2D eigenvalue weighted by atomic mass is 16.2. The largest absolute Gasteiger partial charge is 0.295 e. The molecule has 2 N–H and O–H groups in total. The first-order valence-corrected chi connectivity index (χ1v) is 3.12. The Balaban J connectivity index is 2.70. The van der Waals surface area contributed by atoms with Gasteiger partial charge in [0.1, 0.15) is 0 Å². The van der Waals surface area contributed by atoms with E-state index >= 15 is 0 Å². The molecule has 0 atom stereocenters. The van der Waals surface area contributed by atoms with E-state index in [1.54, 1.807) is 13.8 Å². The molecular formula is C6H10N2O2. The van der Waals surface area contributed by atoms with E-state index in [0.717, 1.165) is 0 Å². The van der Waals surface area contributed by atoms with Crippen molar-refractivity contribution >= 4 is 11.8 Å². The molecule has 2 amide bonds. The summed E-state index contributed by atoms with van der Waals surface area (Å²) >= 11 is 0. The van der Waals surface area contributed by atoms with Crippen LogP contribution in [-0.2, 0) is 9.59 Å². The van der Waals surface area contributed by atoms with Crippen molar-refractivity contribution in [2.45, 2.75) is 19.4 Å². The Labute approximate surface area is 59.0 Å². The van der Waals surface area contributed by atoms with Gasteiger partial charge in [0.05, 0.1) is 12.1 Å². The zero-order chi connectivity index (χ0) is 7.78. The van der Waals surface area contributed by atoms with Crippen LogP contribution in [0, 0.1) is 0 Å². The van der Waals surface area contributed by atoms with Gasteiger partial charge in [0.15, 0.2) is 0 Å². The summed E-state index contributed by atoms with van der Waals surface area (Å²) < 4.78 is 0. The molecule has 1 heterocycles. The third-order valence-electron chi connectivity index (χ3n) is 1.51. The molecule has 0 spiro atoms. The molecule has 56 valence electrons. The number of piperazine rings is 1. The maximum atomic E-state index is 10.9. The van der Waals surface area contributed by atoms with Crippen molar-refractivity contribution in [1.29, 1.82) is 0 Å². The van der Waals surface area contributed by atoms with E-state index in [2.05, 4.69) is 10.6 Å². The summed E-state index contributed by atoms with van der Waals surface area (Å²) in [7, 11) is 0. The molecule has 0 bridgehead atoms. The van der Waals surface area contributed by atoms with Crippen LogP contribution in [0.1, 0.15) is 13.8 Å². The average Bonchev–Trinajstić information content (AvgIpc) is 1.81. The highest BCUT2D eigenvalue weighted by Gasteiger charge is 2.32. The molecule has 0 aromatic carbocycles. The summed E-state index contributed by atoms with van der Waals surface area (Å²) in [5.41, 5.74) is -0.603. The van der Waals surface area contributed by atoms with Crippen molar-refractivity contribution in [1.82, 2.24) is 10.6 Å². The Morgan fingerprint density at radius 1 is 1.40 bits per heavy atom. The Morgan fingerprint density at radius 2 is 2.00 bits per heavy atom. The molecule has 1 saturated heterocycles. The summed E-state index contributed by atoms with van der Waals surface area (Å²) in [4.78, 5) is 21.5. The normalized spacial score (nSPS) is 24.2. The van der Waals surface area contributed by atoms with Gasteiger partial charge in [0, 0.05) is 0 Å². The topological polar surface area (TPSA) is 58.2 Å². The van der Waals surface area contributed by atoms with Crippen LogP contribution in [-0.4, -0.2) is 23.9 Å². The number of hydrogen-bond donors (Lipinski definition) is 2. The molecule has 0 aliphatic carbocycles. The monoisotopic (exact) mass is 142 g/mol. The fourth-order valence-electron chi connectivity index (χ4n) is 0.709. The highest BCUT2D eigenvalue weighted by Crippen LogP contribution is 2.03. The second-order valence-corrected chi connectivity index (χ2v) is 2.86. The minimum absolute atomic E-state index is 0.221. The molecular weight excluding hydrogens is 132 g/mol. The van der Waals surface area contributed by atoms with Crippen LogP contribution >= 0.6 is 0 Å². The van der Waals surface area contributed by atoms with Crippen LogP contribution in [0.2, 0.25) is 0 Å². The zero-order valence-corrected chi connectivity index (χ0v) is 6.02. The first kappa shape index (κ1) is 7.21. The van der Waals surface area contributed by atoms with Crippen molar-refractivity contribution < 1.29 is 9.59 Å². The van der Waals surface area contributed by atoms with Crippen LogP contribution in [0.25, 0.3) is 0 Å². The van der Waals surface area contributed by atoms with Crippen LogP contribution in [0.4, 0.5) is 0 Å². The molecule has 0 radical (unpaired) electrons. The lowest BCUT2D eigenvalue weighted by Gasteiger charge is -2.28. The summed E-state index contributed by atoms with van der Waals surface area (Å²) in [6, 6.07) is 0. The third-order valence-corrected chi connectivity index (χ3v) is 1.51. The Kier molecular flexibility index (Phi) is 1.48. The number of nitrogens with one attached hydrogen (secondary N) is 2. The molecule has 4 nitrogen and oxygen atoms in total. The molecule has 10 heavy (non-hydrogen) atoms. The third kappa shape index (κ3) is 1.16. The molecule has 1 fully saturated rings. The molecule has 1 aliphatic rings. The average molecular weight is 142 g/mol. The number of imide groups is 1. The fourth-order valence-corrected chi connectivity index (χ4v) is 0.709. The van der Waals surface area contributed by atoms with E-state index in [-0.39, 0.29) is 18.4 Å². The SMILES string of the molecule is CC1(C)NCC(=O)NC1=O. The van der Waals surface area contributed by atoms with Crippen LogP contribution in [0.15, 0.2) is 0 Å². The zero-order valence-electron chi connectivity index (χ0n) is 6.02. The molecule has 1 rings (SSSR count). The van der Waals surface area contributed by atoms with Gasteiger partial charge in [0.25, 0.3) is 0 Å². The molecule has 0 aromatic heterocycles. The van der Waals surface area contributed by atoms with Crippen molar-refractivity contribution in [3.8, 4) is 0 Å². The maximum absolute atomic E-state index is 10.9. The number of amides is 2. The van der Waals surface area contributed by atoms with Crippen LogP contribution in [0.3, 0.4) is 0 Å². The minimum Gasteiger partial charge on any atom is -0.295 e. The van der Waals surface area contributed by atoms with E-state index in [9.17, 15) is 9.59 Å². The van der Waals surface area contributed by atoms with E-state index in [4.69, 9.17) is 0 Å². The van der Waals surface area contributed by atoms with Gasteiger partial charge in [-0.2, -0.15) is 0 Å². The Hall–Kier alpha value is -0.900. The van der Waals surface area contributed by atoms with Crippen LogP contribution < -0.4 is 10.6 Å². The van der Waals surface area contributed by atoms with Gasteiger partial charge in [0.2, 0.25) is 11.8 Å².